The van der Waals surface area contributed by atoms with E-state index in [0.29, 0.717) is 5.56 Å². The average molecular weight is 205 g/mol. The van der Waals surface area contributed by atoms with Crippen LogP contribution in [0.4, 0.5) is 0 Å². The van der Waals surface area contributed by atoms with E-state index in [1.807, 2.05) is 6.07 Å². The van der Waals surface area contributed by atoms with Gasteiger partial charge in [0.15, 0.2) is 0 Å². The Kier molecular flexibility index (Phi) is 2.68. The summed E-state index contributed by atoms with van der Waals surface area (Å²) >= 11 is 0. The molecular weight excluding hydrogens is 190 g/mol. The molecule has 80 valence electrons. The van der Waals surface area contributed by atoms with Crippen LogP contribution in [0.5, 0.6) is 0 Å². The van der Waals surface area contributed by atoms with E-state index in [1.54, 1.807) is 13.2 Å². The van der Waals surface area contributed by atoms with Crippen LogP contribution in [-0.2, 0) is 13.0 Å². The largest absolute Gasteiger partial charge is 0.355 e. The third-order valence-corrected chi connectivity index (χ3v) is 2.73. The first-order chi connectivity index (χ1) is 7.20. The first-order valence-electron chi connectivity index (χ1n) is 5.09. The molecule has 1 aliphatic heterocycles. The summed E-state index contributed by atoms with van der Waals surface area (Å²) in [6.45, 7) is 1.91. The van der Waals surface area contributed by atoms with E-state index >= 15 is 0 Å². The molecule has 0 bridgehead atoms. The van der Waals surface area contributed by atoms with Gasteiger partial charge >= 0.3 is 0 Å². The number of carbonyl (C=O) groups excluding carboxylic acids is 1. The van der Waals surface area contributed by atoms with E-state index < -0.39 is 0 Å². The van der Waals surface area contributed by atoms with Crippen molar-refractivity contribution in [1.82, 2.24) is 15.2 Å². The molecular formula is C11H15N3O. The Morgan fingerprint density at radius 1 is 1.60 bits per heavy atom. The van der Waals surface area contributed by atoms with Gasteiger partial charge in [0.05, 0.1) is 11.3 Å². The van der Waals surface area contributed by atoms with E-state index in [1.165, 1.54) is 5.56 Å². The number of pyridine rings is 1. The molecule has 0 aromatic carbocycles. The molecule has 0 spiro atoms. The molecule has 2 heterocycles. The van der Waals surface area contributed by atoms with Gasteiger partial charge in [0.2, 0.25) is 0 Å². The molecule has 1 aromatic rings. The maximum absolute atomic E-state index is 11.4. The highest BCUT2D eigenvalue weighted by Gasteiger charge is 2.15. The van der Waals surface area contributed by atoms with Crippen LogP contribution < -0.4 is 5.32 Å². The topological polar surface area (TPSA) is 45.2 Å². The van der Waals surface area contributed by atoms with Crippen LogP contribution in [0.3, 0.4) is 0 Å². The van der Waals surface area contributed by atoms with Gasteiger partial charge in [-0.3, -0.25) is 9.78 Å². The van der Waals surface area contributed by atoms with Crippen molar-refractivity contribution in [1.29, 1.82) is 0 Å². The summed E-state index contributed by atoms with van der Waals surface area (Å²) in [5.41, 5.74) is 2.95. The Labute approximate surface area is 89.3 Å². The molecule has 0 atom stereocenters. The minimum Gasteiger partial charge on any atom is -0.355 e. The normalized spacial score (nSPS) is 15.9. The molecule has 1 N–H and O–H groups in total. The molecule has 0 unspecified atom stereocenters. The lowest BCUT2D eigenvalue weighted by atomic mass is 10.0. The van der Waals surface area contributed by atoms with Crippen molar-refractivity contribution >= 4 is 5.91 Å². The molecule has 1 aliphatic rings. The van der Waals surface area contributed by atoms with Crippen molar-refractivity contribution in [3.8, 4) is 0 Å². The van der Waals surface area contributed by atoms with Gasteiger partial charge in [-0.05, 0) is 25.1 Å². The second-order valence-electron chi connectivity index (χ2n) is 3.90. The molecule has 2 rings (SSSR count). The zero-order valence-electron chi connectivity index (χ0n) is 9.08. The lowest BCUT2D eigenvalue weighted by Gasteiger charge is -2.24. The van der Waals surface area contributed by atoms with Crippen LogP contribution in [0, 0.1) is 0 Å². The predicted molar refractivity (Wildman–Crippen MR) is 57.7 cm³/mol. The van der Waals surface area contributed by atoms with Crippen LogP contribution in [-0.4, -0.2) is 36.4 Å². The lowest BCUT2D eigenvalue weighted by molar-refractivity contribution is 0.0962. The number of nitrogens with one attached hydrogen (secondary N) is 1. The number of carbonyl (C=O) groups is 1. The second kappa shape index (κ2) is 3.98. The summed E-state index contributed by atoms with van der Waals surface area (Å²) in [6.07, 6.45) is 2.63. The standard InChI is InChI=1S/C11H15N3O/c1-12-11(15)9-5-8-3-4-14(2)7-10(8)13-6-9/h5-6H,3-4,7H2,1-2H3,(H,12,15). The first-order valence-corrected chi connectivity index (χ1v) is 5.09. The Morgan fingerprint density at radius 2 is 2.40 bits per heavy atom. The van der Waals surface area contributed by atoms with Gasteiger partial charge < -0.3 is 10.2 Å². The van der Waals surface area contributed by atoms with Gasteiger partial charge in [0.25, 0.3) is 5.91 Å². The third kappa shape index (κ3) is 1.99. The summed E-state index contributed by atoms with van der Waals surface area (Å²) in [5, 5.41) is 2.61. The van der Waals surface area contributed by atoms with Crippen molar-refractivity contribution in [3.63, 3.8) is 0 Å². The highest BCUT2D eigenvalue weighted by Crippen LogP contribution is 2.16. The molecule has 0 radical (unpaired) electrons. The summed E-state index contributed by atoms with van der Waals surface area (Å²) in [7, 11) is 3.72. The number of hydrogen-bond acceptors (Lipinski definition) is 3. The van der Waals surface area contributed by atoms with Crippen LogP contribution in [0.25, 0.3) is 0 Å². The van der Waals surface area contributed by atoms with Crippen LogP contribution in [0.15, 0.2) is 12.3 Å². The smallest absolute Gasteiger partial charge is 0.252 e. The molecule has 0 fully saturated rings. The van der Waals surface area contributed by atoms with Crippen LogP contribution in [0.2, 0.25) is 0 Å². The molecule has 0 saturated heterocycles. The predicted octanol–water partition coefficient (Wildman–Crippen LogP) is 0.429. The Morgan fingerprint density at radius 3 is 3.13 bits per heavy atom. The monoisotopic (exact) mass is 205 g/mol. The molecule has 15 heavy (non-hydrogen) atoms. The van der Waals surface area contributed by atoms with Crippen molar-refractivity contribution in [2.45, 2.75) is 13.0 Å². The quantitative estimate of drug-likeness (QED) is 0.723. The number of hydrogen-bond donors (Lipinski definition) is 1. The van der Waals surface area contributed by atoms with E-state index in [9.17, 15) is 4.79 Å². The summed E-state index contributed by atoms with van der Waals surface area (Å²) < 4.78 is 0. The van der Waals surface area contributed by atoms with Crippen molar-refractivity contribution in [2.24, 2.45) is 0 Å². The summed E-state index contributed by atoms with van der Waals surface area (Å²) in [4.78, 5) is 18.0. The van der Waals surface area contributed by atoms with Crippen molar-refractivity contribution < 1.29 is 4.79 Å². The fourth-order valence-electron chi connectivity index (χ4n) is 1.81. The molecule has 4 nitrogen and oxygen atoms in total. The van der Waals surface area contributed by atoms with Crippen molar-refractivity contribution in [2.75, 3.05) is 20.6 Å². The number of aromatic nitrogens is 1. The van der Waals surface area contributed by atoms with E-state index in [0.717, 1.165) is 25.2 Å². The molecule has 1 aromatic heterocycles. The maximum atomic E-state index is 11.4. The van der Waals surface area contributed by atoms with Gasteiger partial charge in [-0.2, -0.15) is 0 Å². The third-order valence-electron chi connectivity index (χ3n) is 2.73. The zero-order chi connectivity index (χ0) is 10.8. The first kappa shape index (κ1) is 10.1. The SMILES string of the molecule is CNC(=O)c1cnc2c(c1)CCN(C)C2. The number of amides is 1. The highest BCUT2D eigenvalue weighted by molar-refractivity contribution is 5.93. The maximum Gasteiger partial charge on any atom is 0.252 e. The van der Waals surface area contributed by atoms with Gasteiger partial charge in [-0.1, -0.05) is 0 Å². The van der Waals surface area contributed by atoms with E-state index in [4.69, 9.17) is 0 Å². The molecule has 4 heteroatoms. The Bertz CT molecular complexity index is 389. The lowest BCUT2D eigenvalue weighted by Crippen LogP contribution is -2.28. The van der Waals surface area contributed by atoms with E-state index in [-0.39, 0.29) is 5.91 Å². The summed E-state index contributed by atoms with van der Waals surface area (Å²) in [6, 6.07) is 1.95. The van der Waals surface area contributed by atoms with E-state index in [2.05, 4.69) is 22.2 Å². The van der Waals surface area contributed by atoms with Crippen LogP contribution >= 0.6 is 0 Å². The van der Waals surface area contributed by atoms with Crippen LogP contribution in [0.1, 0.15) is 21.6 Å². The molecule has 0 saturated carbocycles. The highest BCUT2D eigenvalue weighted by atomic mass is 16.1. The Hall–Kier alpha value is -1.42. The van der Waals surface area contributed by atoms with Gasteiger partial charge in [0.1, 0.15) is 0 Å². The second-order valence-corrected chi connectivity index (χ2v) is 3.90. The Balaban J connectivity index is 2.30. The number of nitrogens with zero attached hydrogens (tertiary/aromatic N) is 2. The van der Waals surface area contributed by atoms with Gasteiger partial charge in [-0.15, -0.1) is 0 Å². The zero-order valence-corrected chi connectivity index (χ0v) is 9.08. The van der Waals surface area contributed by atoms with Crippen molar-refractivity contribution in [3.05, 3.63) is 29.1 Å². The van der Waals surface area contributed by atoms with Gasteiger partial charge in [-0.25, -0.2) is 0 Å². The fraction of sp³-hybridized carbons (Fsp3) is 0.455. The molecule has 0 aliphatic carbocycles. The average Bonchev–Trinajstić information content (AvgIpc) is 2.27. The number of rotatable bonds is 1. The summed E-state index contributed by atoms with van der Waals surface area (Å²) in [5.74, 6) is -0.0655. The number of fused-ring (bicyclic) bond motifs is 1. The van der Waals surface area contributed by atoms with Gasteiger partial charge in [0, 0.05) is 26.3 Å². The number of likely N-dealkylation sites (N-methyl/N-ethyl adjacent to an activating group) is 1. The minimum atomic E-state index is -0.0655. The molecule has 1 amide bonds. The fourth-order valence-corrected chi connectivity index (χ4v) is 1.81. The minimum absolute atomic E-state index is 0.0655.